The van der Waals surface area contributed by atoms with Crippen LogP contribution in [0.3, 0.4) is 0 Å². The third-order valence-electron chi connectivity index (χ3n) is 2.97. The number of amides is 1. The summed E-state index contributed by atoms with van der Waals surface area (Å²) in [5, 5.41) is 6.02. The number of hydrogen-bond acceptors (Lipinski definition) is 2. The smallest absolute Gasteiger partial charge is 0.220 e. The first kappa shape index (κ1) is 10.5. The number of rotatable bonds is 3. The maximum absolute atomic E-state index is 11.1. The molecule has 3 nitrogen and oxygen atoms in total. The summed E-state index contributed by atoms with van der Waals surface area (Å²) in [7, 11) is 1.71. The maximum Gasteiger partial charge on any atom is 0.220 e. The lowest BCUT2D eigenvalue weighted by atomic mass is 9.84. The van der Waals surface area contributed by atoms with Crippen molar-refractivity contribution < 1.29 is 4.79 Å². The summed E-state index contributed by atoms with van der Waals surface area (Å²) in [6.07, 6.45) is 3.12. The molecule has 76 valence electrons. The number of carbonyl (C=O) groups is 1. The van der Waals surface area contributed by atoms with Gasteiger partial charge in [-0.15, -0.1) is 0 Å². The van der Waals surface area contributed by atoms with Gasteiger partial charge in [0, 0.05) is 13.5 Å². The number of hydrogen-bond donors (Lipinski definition) is 2. The van der Waals surface area contributed by atoms with E-state index >= 15 is 0 Å². The van der Waals surface area contributed by atoms with E-state index in [2.05, 4.69) is 17.6 Å². The van der Waals surface area contributed by atoms with E-state index in [9.17, 15) is 4.79 Å². The molecule has 2 N–H and O–H groups in total. The van der Waals surface area contributed by atoms with Crippen molar-refractivity contribution in [1.29, 1.82) is 0 Å². The van der Waals surface area contributed by atoms with Gasteiger partial charge in [0.1, 0.15) is 0 Å². The van der Waals surface area contributed by atoms with Crippen molar-refractivity contribution in [3.05, 3.63) is 0 Å². The third kappa shape index (κ3) is 3.35. The SMILES string of the molecule is CNC(=O)C[C@@H](C)C1CCNCC1. The Bertz CT molecular complexity index is 164. The largest absolute Gasteiger partial charge is 0.359 e. The molecule has 0 aromatic rings. The minimum Gasteiger partial charge on any atom is -0.359 e. The van der Waals surface area contributed by atoms with Gasteiger partial charge in [-0.05, 0) is 37.8 Å². The molecule has 1 aliphatic heterocycles. The van der Waals surface area contributed by atoms with Crippen LogP contribution >= 0.6 is 0 Å². The van der Waals surface area contributed by atoms with Gasteiger partial charge in [0.05, 0.1) is 0 Å². The van der Waals surface area contributed by atoms with Crippen LogP contribution < -0.4 is 10.6 Å². The average molecular weight is 184 g/mol. The van der Waals surface area contributed by atoms with Gasteiger partial charge >= 0.3 is 0 Å². The Morgan fingerprint density at radius 3 is 2.69 bits per heavy atom. The van der Waals surface area contributed by atoms with E-state index in [1.54, 1.807) is 7.05 Å². The van der Waals surface area contributed by atoms with Crippen molar-refractivity contribution >= 4 is 5.91 Å². The van der Waals surface area contributed by atoms with Crippen LogP contribution in [0.1, 0.15) is 26.2 Å². The first-order chi connectivity index (χ1) is 6.24. The van der Waals surface area contributed by atoms with Gasteiger partial charge in [-0.1, -0.05) is 6.92 Å². The van der Waals surface area contributed by atoms with Crippen molar-refractivity contribution in [2.45, 2.75) is 26.2 Å². The van der Waals surface area contributed by atoms with E-state index in [-0.39, 0.29) is 5.91 Å². The highest BCUT2D eigenvalue weighted by molar-refractivity contribution is 5.75. The highest BCUT2D eigenvalue weighted by atomic mass is 16.1. The van der Waals surface area contributed by atoms with Gasteiger partial charge < -0.3 is 10.6 Å². The highest BCUT2D eigenvalue weighted by Crippen LogP contribution is 2.23. The highest BCUT2D eigenvalue weighted by Gasteiger charge is 2.21. The molecule has 0 aromatic carbocycles. The third-order valence-corrected chi connectivity index (χ3v) is 2.97. The van der Waals surface area contributed by atoms with Crippen LogP contribution in [0.5, 0.6) is 0 Å². The van der Waals surface area contributed by atoms with Crippen LogP contribution in [-0.4, -0.2) is 26.0 Å². The fraction of sp³-hybridized carbons (Fsp3) is 0.900. The fourth-order valence-electron chi connectivity index (χ4n) is 1.97. The average Bonchev–Trinajstić information content (AvgIpc) is 2.19. The second-order valence-corrected chi connectivity index (χ2v) is 3.94. The molecule has 0 bridgehead atoms. The van der Waals surface area contributed by atoms with Crippen LogP contribution in [0.2, 0.25) is 0 Å². The number of piperidine rings is 1. The Morgan fingerprint density at radius 2 is 2.15 bits per heavy atom. The first-order valence-corrected chi connectivity index (χ1v) is 5.15. The predicted molar refractivity (Wildman–Crippen MR) is 53.4 cm³/mol. The monoisotopic (exact) mass is 184 g/mol. The summed E-state index contributed by atoms with van der Waals surface area (Å²) in [6.45, 7) is 4.41. The Morgan fingerprint density at radius 1 is 1.54 bits per heavy atom. The molecule has 0 spiro atoms. The van der Waals surface area contributed by atoms with Crippen molar-refractivity contribution in [3.8, 4) is 0 Å². The van der Waals surface area contributed by atoms with Crippen molar-refractivity contribution in [2.75, 3.05) is 20.1 Å². The maximum atomic E-state index is 11.1. The Hall–Kier alpha value is -0.570. The molecule has 0 radical (unpaired) electrons. The molecular formula is C10H20N2O. The van der Waals surface area contributed by atoms with Gasteiger partial charge in [0.2, 0.25) is 5.91 Å². The lowest BCUT2D eigenvalue weighted by Gasteiger charge is -2.27. The Kier molecular flexibility index (Phi) is 4.22. The Labute approximate surface area is 80.3 Å². The van der Waals surface area contributed by atoms with Crippen LogP contribution in [0.4, 0.5) is 0 Å². The van der Waals surface area contributed by atoms with E-state index in [0.29, 0.717) is 12.3 Å². The minimum absolute atomic E-state index is 0.172. The lowest BCUT2D eigenvalue weighted by molar-refractivity contribution is -0.121. The minimum atomic E-state index is 0.172. The molecule has 0 unspecified atom stereocenters. The standard InChI is InChI=1S/C10H20N2O/c1-8(7-10(13)11-2)9-3-5-12-6-4-9/h8-9,12H,3-7H2,1-2H3,(H,11,13)/t8-/m1/s1. The number of nitrogens with one attached hydrogen (secondary N) is 2. The van der Waals surface area contributed by atoms with Gasteiger partial charge in [-0.25, -0.2) is 0 Å². The Balaban J connectivity index is 2.28. The van der Waals surface area contributed by atoms with Crippen LogP contribution in [0.15, 0.2) is 0 Å². The molecule has 1 amide bonds. The van der Waals surface area contributed by atoms with E-state index in [1.165, 1.54) is 12.8 Å². The predicted octanol–water partition coefficient (Wildman–Crippen LogP) is 0.758. The quantitative estimate of drug-likeness (QED) is 0.680. The van der Waals surface area contributed by atoms with Gasteiger partial charge in [-0.2, -0.15) is 0 Å². The van der Waals surface area contributed by atoms with E-state index < -0.39 is 0 Å². The van der Waals surface area contributed by atoms with Crippen LogP contribution in [0.25, 0.3) is 0 Å². The topological polar surface area (TPSA) is 41.1 Å². The van der Waals surface area contributed by atoms with Gasteiger partial charge in [0.25, 0.3) is 0 Å². The first-order valence-electron chi connectivity index (χ1n) is 5.15. The van der Waals surface area contributed by atoms with E-state index in [4.69, 9.17) is 0 Å². The molecule has 1 rings (SSSR count). The summed E-state index contributed by atoms with van der Waals surface area (Å²) in [4.78, 5) is 11.1. The summed E-state index contributed by atoms with van der Waals surface area (Å²) in [5.74, 6) is 1.44. The van der Waals surface area contributed by atoms with Crippen molar-refractivity contribution in [3.63, 3.8) is 0 Å². The van der Waals surface area contributed by atoms with Gasteiger partial charge in [0.15, 0.2) is 0 Å². The molecule has 13 heavy (non-hydrogen) atoms. The molecule has 0 saturated carbocycles. The molecule has 1 atom stereocenters. The lowest BCUT2D eigenvalue weighted by Crippen LogP contribution is -2.32. The molecule has 1 fully saturated rings. The van der Waals surface area contributed by atoms with Gasteiger partial charge in [-0.3, -0.25) is 4.79 Å². The summed E-state index contributed by atoms with van der Waals surface area (Å²) < 4.78 is 0. The van der Waals surface area contributed by atoms with E-state index in [0.717, 1.165) is 19.0 Å². The molecular weight excluding hydrogens is 164 g/mol. The second-order valence-electron chi connectivity index (χ2n) is 3.94. The van der Waals surface area contributed by atoms with Crippen LogP contribution in [-0.2, 0) is 4.79 Å². The molecule has 0 aromatic heterocycles. The molecule has 1 saturated heterocycles. The zero-order valence-electron chi connectivity index (χ0n) is 8.60. The normalized spacial score (nSPS) is 21.1. The zero-order valence-corrected chi connectivity index (χ0v) is 8.60. The van der Waals surface area contributed by atoms with E-state index in [1.807, 2.05) is 0 Å². The number of carbonyl (C=O) groups excluding carboxylic acids is 1. The summed E-state index contributed by atoms with van der Waals surface area (Å²) >= 11 is 0. The van der Waals surface area contributed by atoms with Crippen molar-refractivity contribution in [2.24, 2.45) is 11.8 Å². The summed E-state index contributed by atoms with van der Waals surface area (Å²) in [5.41, 5.74) is 0. The van der Waals surface area contributed by atoms with Crippen molar-refractivity contribution in [1.82, 2.24) is 10.6 Å². The molecule has 1 aliphatic rings. The zero-order chi connectivity index (χ0) is 9.68. The van der Waals surface area contributed by atoms with Crippen LogP contribution in [0, 0.1) is 11.8 Å². The fourth-order valence-corrected chi connectivity index (χ4v) is 1.97. The molecule has 3 heteroatoms. The molecule has 1 heterocycles. The second kappa shape index (κ2) is 5.22. The molecule has 0 aliphatic carbocycles. The summed E-state index contributed by atoms with van der Waals surface area (Å²) in [6, 6.07) is 0.